The number of halogens is 1. The van der Waals surface area contributed by atoms with Gasteiger partial charge in [-0.1, -0.05) is 0 Å². The normalized spacial score (nSPS) is 15.7. The van der Waals surface area contributed by atoms with Crippen molar-refractivity contribution >= 4 is 20.6 Å². The van der Waals surface area contributed by atoms with E-state index in [1.165, 1.54) is 0 Å². The van der Waals surface area contributed by atoms with E-state index in [2.05, 4.69) is 0 Å². The first-order chi connectivity index (χ1) is 13.5. The number of methoxy groups -OCH3 is 2. The van der Waals surface area contributed by atoms with Crippen LogP contribution in [0.4, 0.5) is 0 Å². The predicted molar refractivity (Wildman–Crippen MR) is 101 cm³/mol. The lowest BCUT2D eigenvalue weighted by atomic mass is 10.1. The van der Waals surface area contributed by atoms with Gasteiger partial charge in [0.1, 0.15) is 5.75 Å². The minimum Gasteiger partial charge on any atom is -1.00 e. The Balaban J connectivity index is 0.00000205. The number of hydrogen-bond donors (Lipinski definition) is 0. The van der Waals surface area contributed by atoms with E-state index in [1.807, 2.05) is 29.0 Å². The van der Waals surface area contributed by atoms with Crippen molar-refractivity contribution in [2.75, 3.05) is 26.8 Å². The molecule has 2 aromatic carbocycles. The van der Waals surface area contributed by atoms with Gasteiger partial charge < -0.3 is 31.4 Å². The minimum absolute atomic E-state index is 0. The van der Waals surface area contributed by atoms with E-state index in [0.717, 1.165) is 16.5 Å². The quantitative estimate of drug-likeness (QED) is 0.497. The molecule has 0 unspecified atom stereocenters. The largest absolute Gasteiger partial charge is 1.00 e. The second-order valence-electron chi connectivity index (χ2n) is 6.71. The van der Waals surface area contributed by atoms with Crippen LogP contribution in [-0.2, 0) is 16.4 Å². The Morgan fingerprint density at radius 1 is 0.931 bits per heavy atom. The summed E-state index contributed by atoms with van der Waals surface area (Å²) in [6.45, 7) is 0.440. The fraction of sp³-hybridized carbons (Fsp3) is 0.250. The molecular weight excluding hydrogens is 418 g/mol. The van der Waals surface area contributed by atoms with E-state index < -0.39 is 9.84 Å². The van der Waals surface area contributed by atoms with Crippen molar-refractivity contribution < 1.29 is 44.3 Å². The van der Waals surface area contributed by atoms with Crippen molar-refractivity contribution in [2.45, 2.75) is 11.4 Å². The number of fused-ring (bicyclic) bond motifs is 5. The number of aromatic nitrogens is 1. The molecule has 3 heterocycles. The molecule has 0 bridgehead atoms. The third-order valence-corrected chi connectivity index (χ3v) is 6.90. The lowest BCUT2D eigenvalue weighted by Crippen LogP contribution is -3.00. The lowest BCUT2D eigenvalue weighted by Gasteiger charge is -2.10. The lowest BCUT2D eigenvalue weighted by molar-refractivity contribution is -0.680. The molecule has 0 fully saturated rings. The van der Waals surface area contributed by atoms with E-state index in [1.54, 1.807) is 26.4 Å². The van der Waals surface area contributed by atoms with Crippen LogP contribution >= 0.6 is 0 Å². The smallest absolute Gasteiger partial charge is 0.231 e. The zero-order valence-corrected chi connectivity index (χ0v) is 17.3. The first-order valence-electron chi connectivity index (χ1n) is 8.76. The van der Waals surface area contributed by atoms with Gasteiger partial charge >= 0.3 is 0 Å². The maximum Gasteiger partial charge on any atom is 0.231 e. The molecule has 2 aliphatic rings. The van der Waals surface area contributed by atoms with E-state index >= 15 is 0 Å². The number of nitrogens with zero attached hydrogens (tertiary/aromatic N) is 1. The van der Waals surface area contributed by atoms with Crippen LogP contribution in [0.2, 0.25) is 0 Å². The van der Waals surface area contributed by atoms with Gasteiger partial charge in [-0.3, -0.25) is 0 Å². The van der Waals surface area contributed by atoms with Crippen molar-refractivity contribution in [1.82, 2.24) is 0 Å². The fourth-order valence-electron chi connectivity index (χ4n) is 3.74. The third kappa shape index (κ3) is 3.03. The number of aryl methyl sites for hydroxylation is 1. The highest BCUT2D eigenvalue weighted by molar-refractivity contribution is 7.91. The van der Waals surface area contributed by atoms with E-state index in [9.17, 15) is 8.42 Å². The van der Waals surface area contributed by atoms with Crippen LogP contribution in [0.1, 0.15) is 0 Å². The van der Waals surface area contributed by atoms with Crippen LogP contribution in [0.5, 0.6) is 23.0 Å². The summed E-state index contributed by atoms with van der Waals surface area (Å²) in [6, 6.07) is 9.07. The Labute approximate surface area is 174 Å². The number of hydrogen-bond acceptors (Lipinski definition) is 6. The molecule has 0 N–H and O–H groups in total. The molecule has 1 aromatic heterocycles. The molecule has 0 radical (unpaired) electrons. The minimum atomic E-state index is -3.46. The molecule has 7 nitrogen and oxygen atoms in total. The summed E-state index contributed by atoms with van der Waals surface area (Å²) in [4.78, 5) is 0.267. The van der Waals surface area contributed by atoms with Gasteiger partial charge in [0.15, 0.2) is 45.6 Å². The predicted octanol–water partition coefficient (Wildman–Crippen LogP) is -0.668. The number of sulfone groups is 1. The topological polar surface area (TPSA) is 74.9 Å². The van der Waals surface area contributed by atoms with Gasteiger partial charge in [0.05, 0.1) is 24.7 Å². The van der Waals surface area contributed by atoms with E-state index in [-0.39, 0.29) is 29.8 Å². The van der Waals surface area contributed by atoms with Crippen molar-refractivity contribution in [3.05, 3.63) is 36.5 Å². The van der Waals surface area contributed by atoms with Crippen molar-refractivity contribution in [3.8, 4) is 34.3 Å². The van der Waals surface area contributed by atoms with Gasteiger partial charge in [-0.05, 0) is 23.6 Å². The third-order valence-electron chi connectivity index (χ3n) is 5.17. The molecule has 0 saturated carbocycles. The number of rotatable bonds is 2. The Morgan fingerprint density at radius 2 is 1.59 bits per heavy atom. The molecule has 9 heteroatoms. The molecule has 0 saturated heterocycles. The molecule has 3 aromatic rings. The highest BCUT2D eigenvalue weighted by Crippen LogP contribution is 2.42. The molecule has 0 atom stereocenters. The van der Waals surface area contributed by atoms with Gasteiger partial charge in [-0.2, -0.15) is 4.57 Å². The highest BCUT2D eigenvalue weighted by Gasteiger charge is 2.33. The average molecular weight is 436 g/mol. The Kier molecular flexibility index (Phi) is 4.71. The summed E-state index contributed by atoms with van der Waals surface area (Å²) >= 11 is 0. The van der Waals surface area contributed by atoms with Crippen molar-refractivity contribution in [2.24, 2.45) is 0 Å². The van der Waals surface area contributed by atoms with Crippen molar-refractivity contribution in [1.29, 1.82) is 0 Å². The second kappa shape index (κ2) is 6.96. The van der Waals surface area contributed by atoms with Gasteiger partial charge in [0.2, 0.25) is 12.5 Å². The first-order valence-corrected chi connectivity index (χ1v) is 10.4. The van der Waals surface area contributed by atoms with Crippen LogP contribution in [0, 0.1) is 0 Å². The standard InChI is InChI=1S/C20H18NO6S.ClH/c1-24-16-6-12-5-15-14-8-18-19(27-11-26-18)9-20(14)28(22,23)4-3-21(15)10-13(12)7-17(16)25-2;/h5-10H,3-4,11H2,1-2H3;1H/q+1;/p-1. The molecule has 152 valence electrons. The molecule has 0 aliphatic carbocycles. The Morgan fingerprint density at radius 3 is 2.28 bits per heavy atom. The monoisotopic (exact) mass is 435 g/mol. The average Bonchev–Trinajstić information content (AvgIpc) is 3.13. The highest BCUT2D eigenvalue weighted by atomic mass is 35.5. The van der Waals surface area contributed by atoms with E-state index in [0.29, 0.717) is 35.1 Å². The molecule has 0 spiro atoms. The van der Waals surface area contributed by atoms with Crippen molar-refractivity contribution in [3.63, 3.8) is 0 Å². The summed E-state index contributed by atoms with van der Waals surface area (Å²) in [5.41, 5.74) is 1.41. The summed E-state index contributed by atoms with van der Waals surface area (Å²) in [5.74, 6) is 2.27. The van der Waals surface area contributed by atoms with Crippen LogP contribution in [0.25, 0.3) is 22.0 Å². The summed E-state index contributed by atoms with van der Waals surface area (Å²) in [7, 11) is -0.282. The Hall–Kier alpha value is -2.71. The van der Waals surface area contributed by atoms with Crippen LogP contribution in [0.3, 0.4) is 0 Å². The van der Waals surface area contributed by atoms with Gasteiger partial charge in [-0.15, -0.1) is 0 Å². The maximum atomic E-state index is 12.9. The number of pyridine rings is 1. The SMILES string of the molecule is COc1cc2cc3[n+](cc2cc1OC)CCS(=O)(=O)c1cc2c(cc1-3)OCO2.[Cl-]. The Bertz CT molecular complexity index is 1240. The van der Waals surface area contributed by atoms with Gasteiger partial charge in [0, 0.05) is 17.5 Å². The summed E-state index contributed by atoms with van der Waals surface area (Å²) in [5, 5.41) is 1.86. The zero-order valence-electron chi connectivity index (χ0n) is 15.8. The fourth-order valence-corrected chi connectivity index (χ4v) is 5.18. The van der Waals surface area contributed by atoms with E-state index in [4.69, 9.17) is 18.9 Å². The molecular formula is C20H18ClNO6S. The van der Waals surface area contributed by atoms with Crippen LogP contribution < -0.4 is 35.9 Å². The summed E-state index contributed by atoms with van der Waals surface area (Å²) < 4.78 is 49.4. The zero-order chi connectivity index (χ0) is 19.5. The molecule has 29 heavy (non-hydrogen) atoms. The number of ether oxygens (including phenoxy) is 4. The summed E-state index contributed by atoms with van der Waals surface area (Å²) in [6.07, 6.45) is 1.95. The second-order valence-corrected chi connectivity index (χ2v) is 8.79. The molecule has 2 aliphatic heterocycles. The van der Waals surface area contributed by atoms with Gasteiger partial charge in [0.25, 0.3) is 0 Å². The maximum absolute atomic E-state index is 12.9. The van der Waals surface area contributed by atoms with Crippen LogP contribution in [-0.4, -0.2) is 35.2 Å². The first kappa shape index (κ1) is 19.6. The molecule has 0 amide bonds. The van der Waals surface area contributed by atoms with Gasteiger partial charge in [-0.25, -0.2) is 8.42 Å². The number of benzene rings is 2. The van der Waals surface area contributed by atoms with Crippen LogP contribution in [0.15, 0.2) is 41.4 Å². The molecule has 5 rings (SSSR count).